The van der Waals surface area contributed by atoms with Gasteiger partial charge in [-0.25, -0.2) is 9.78 Å². The van der Waals surface area contributed by atoms with E-state index in [2.05, 4.69) is 30.8 Å². The summed E-state index contributed by atoms with van der Waals surface area (Å²) in [5.74, 6) is -0.406. The molecule has 1 aromatic carbocycles. The van der Waals surface area contributed by atoms with Crippen molar-refractivity contribution < 1.29 is 9.90 Å². The molecule has 0 amide bonds. The van der Waals surface area contributed by atoms with Gasteiger partial charge < -0.3 is 15.7 Å². The van der Waals surface area contributed by atoms with E-state index in [9.17, 15) is 9.90 Å². The minimum Gasteiger partial charge on any atom is -0.478 e. The summed E-state index contributed by atoms with van der Waals surface area (Å²) < 4.78 is 0. The number of carboxylic acid groups (broad SMARTS) is 1. The number of azo groups is 1. The highest BCUT2D eigenvalue weighted by molar-refractivity contribution is 5.85. The Morgan fingerprint density at radius 1 is 1.17 bits per heavy atom. The lowest BCUT2D eigenvalue weighted by molar-refractivity contribution is -0.140. The summed E-state index contributed by atoms with van der Waals surface area (Å²) in [6.07, 6.45) is 4.40. The first kappa shape index (κ1) is 14.6. The summed E-state index contributed by atoms with van der Waals surface area (Å²) in [6.45, 7) is 1.68. The van der Waals surface area contributed by atoms with Crippen molar-refractivity contribution in [3.05, 3.63) is 54.5 Å². The van der Waals surface area contributed by atoms with Gasteiger partial charge in [-0.2, -0.15) is 5.11 Å². The van der Waals surface area contributed by atoms with Crippen molar-refractivity contribution >= 4 is 23.3 Å². The average molecular weight is 310 g/mol. The molecule has 0 fully saturated rings. The van der Waals surface area contributed by atoms with Crippen LogP contribution in [-0.2, 0) is 4.79 Å². The van der Waals surface area contributed by atoms with E-state index in [1.807, 2.05) is 30.3 Å². The molecule has 1 unspecified atom stereocenters. The third-order valence-corrected chi connectivity index (χ3v) is 3.11. The Kier molecular flexibility index (Phi) is 3.71. The number of para-hydroxylation sites is 1. The normalized spacial score (nSPS) is 19.3. The number of aliphatic carboxylic acids is 1. The minimum absolute atomic E-state index is 0.276. The Bertz CT molecular complexity index is 790. The van der Waals surface area contributed by atoms with Crippen molar-refractivity contribution in [1.29, 1.82) is 0 Å². The number of benzene rings is 1. The monoisotopic (exact) mass is 310 g/mol. The number of rotatable bonds is 5. The largest absolute Gasteiger partial charge is 0.478 e. The van der Waals surface area contributed by atoms with E-state index in [0.29, 0.717) is 11.5 Å². The molecular weight excluding hydrogens is 296 g/mol. The number of anilines is 3. The van der Waals surface area contributed by atoms with Crippen molar-refractivity contribution in [2.45, 2.75) is 12.6 Å². The molecule has 8 nitrogen and oxygen atoms in total. The molecule has 0 aliphatic carbocycles. The molecule has 8 heteroatoms. The van der Waals surface area contributed by atoms with Crippen LogP contribution in [0.2, 0.25) is 0 Å². The third-order valence-electron chi connectivity index (χ3n) is 3.11. The van der Waals surface area contributed by atoms with Crippen LogP contribution in [0, 0.1) is 0 Å². The van der Waals surface area contributed by atoms with Crippen LogP contribution in [0.3, 0.4) is 0 Å². The topological polar surface area (TPSA) is 112 Å². The molecular formula is C15H14N6O2. The van der Waals surface area contributed by atoms with Crippen molar-refractivity contribution in [2.75, 3.05) is 10.6 Å². The van der Waals surface area contributed by atoms with Crippen LogP contribution < -0.4 is 10.6 Å². The number of nitrogens with zero attached hydrogens (tertiary/aromatic N) is 4. The maximum atomic E-state index is 11.5. The predicted molar refractivity (Wildman–Crippen MR) is 84.4 cm³/mol. The number of hydrogen-bond donors (Lipinski definition) is 3. The van der Waals surface area contributed by atoms with Crippen molar-refractivity contribution in [1.82, 2.24) is 9.97 Å². The zero-order valence-corrected chi connectivity index (χ0v) is 12.3. The van der Waals surface area contributed by atoms with E-state index in [0.717, 1.165) is 5.69 Å². The van der Waals surface area contributed by atoms with E-state index < -0.39 is 11.6 Å². The first-order valence-electron chi connectivity index (χ1n) is 6.85. The third kappa shape index (κ3) is 3.15. The van der Waals surface area contributed by atoms with Gasteiger partial charge in [0.25, 0.3) is 5.66 Å². The Hall–Kier alpha value is -3.29. The zero-order chi connectivity index (χ0) is 16.3. The van der Waals surface area contributed by atoms with Crippen molar-refractivity contribution in [2.24, 2.45) is 10.2 Å². The number of hydrogen-bond acceptors (Lipinski definition) is 7. The van der Waals surface area contributed by atoms with Gasteiger partial charge in [-0.05, 0) is 25.1 Å². The highest BCUT2D eigenvalue weighted by atomic mass is 16.4. The fourth-order valence-corrected chi connectivity index (χ4v) is 2.09. The van der Waals surface area contributed by atoms with Gasteiger partial charge in [0, 0.05) is 5.69 Å². The molecule has 2 aromatic rings. The maximum Gasteiger partial charge on any atom is 0.358 e. The highest BCUT2D eigenvalue weighted by Gasteiger charge is 2.40. The highest BCUT2D eigenvalue weighted by Crippen LogP contribution is 2.26. The van der Waals surface area contributed by atoms with Gasteiger partial charge in [0.1, 0.15) is 5.82 Å². The zero-order valence-electron chi connectivity index (χ0n) is 12.3. The number of allylic oxidation sites excluding steroid dienone is 1. The van der Waals surface area contributed by atoms with Crippen molar-refractivity contribution in [3.8, 4) is 0 Å². The lowest BCUT2D eigenvalue weighted by atomic mass is 10.1. The van der Waals surface area contributed by atoms with Crippen LogP contribution in [0.1, 0.15) is 6.92 Å². The summed E-state index contributed by atoms with van der Waals surface area (Å²) in [6, 6.07) is 9.47. The van der Waals surface area contributed by atoms with Gasteiger partial charge in [0.15, 0.2) is 5.82 Å². The number of carboxylic acids is 1. The molecule has 1 aliphatic heterocycles. The summed E-state index contributed by atoms with van der Waals surface area (Å²) in [4.78, 5) is 19.9. The van der Waals surface area contributed by atoms with Crippen LogP contribution >= 0.6 is 0 Å². The predicted octanol–water partition coefficient (Wildman–Crippen LogP) is 2.78. The Labute approximate surface area is 132 Å². The van der Waals surface area contributed by atoms with Crippen molar-refractivity contribution in [3.63, 3.8) is 0 Å². The maximum absolute atomic E-state index is 11.5. The molecule has 0 bridgehead atoms. The Balaban J connectivity index is 1.83. The van der Waals surface area contributed by atoms with Gasteiger partial charge in [0.2, 0.25) is 0 Å². The first-order valence-corrected chi connectivity index (χ1v) is 6.85. The summed E-state index contributed by atoms with van der Waals surface area (Å²) in [5, 5.41) is 22.8. The van der Waals surface area contributed by atoms with E-state index in [-0.39, 0.29) is 5.82 Å². The van der Waals surface area contributed by atoms with E-state index in [4.69, 9.17) is 0 Å². The van der Waals surface area contributed by atoms with Gasteiger partial charge in [-0.3, -0.25) is 4.98 Å². The number of aromatic nitrogens is 2. The van der Waals surface area contributed by atoms with Gasteiger partial charge in [-0.1, -0.05) is 18.2 Å². The van der Waals surface area contributed by atoms with Gasteiger partial charge in [0.05, 0.1) is 18.1 Å². The quantitative estimate of drug-likeness (QED) is 0.783. The second-order valence-corrected chi connectivity index (χ2v) is 4.96. The fraction of sp³-hybridized carbons (Fsp3) is 0.133. The Morgan fingerprint density at radius 2 is 1.91 bits per heavy atom. The van der Waals surface area contributed by atoms with Crippen LogP contribution in [0.4, 0.5) is 17.3 Å². The Morgan fingerprint density at radius 3 is 2.57 bits per heavy atom. The summed E-state index contributed by atoms with van der Waals surface area (Å²) in [7, 11) is 0. The molecule has 1 aliphatic rings. The van der Waals surface area contributed by atoms with Crippen LogP contribution in [0.25, 0.3) is 0 Å². The summed E-state index contributed by atoms with van der Waals surface area (Å²) >= 11 is 0. The van der Waals surface area contributed by atoms with Gasteiger partial charge >= 0.3 is 5.97 Å². The second kappa shape index (κ2) is 5.84. The van der Waals surface area contributed by atoms with Gasteiger partial charge in [-0.15, -0.1) is 5.11 Å². The van der Waals surface area contributed by atoms with Crippen LogP contribution in [0.5, 0.6) is 0 Å². The molecule has 1 aromatic heterocycles. The number of carbonyl (C=O) groups is 1. The fourth-order valence-electron chi connectivity index (χ4n) is 2.09. The standard InChI is InChI=1S/C15H14N6O2/c1-10-7-15(14(22)23,21-20-10)19-13-9-16-8-12(18-13)17-11-5-3-2-4-6-11/h2-9H,1H3,(H,22,23)(H2,17,18,19). The molecule has 0 saturated carbocycles. The smallest absolute Gasteiger partial charge is 0.358 e. The van der Waals surface area contributed by atoms with E-state index >= 15 is 0 Å². The molecule has 23 heavy (non-hydrogen) atoms. The van der Waals surface area contributed by atoms with Crippen LogP contribution in [-0.4, -0.2) is 26.7 Å². The van der Waals surface area contributed by atoms with E-state index in [1.54, 1.807) is 13.1 Å². The number of nitrogens with one attached hydrogen (secondary N) is 2. The van der Waals surface area contributed by atoms with E-state index in [1.165, 1.54) is 12.3 Å². The molecule has 3 rings (SSSR count). The molecule has 1 atom stereocenters. The first-order chi connectivity index (χ1) is 11.1. The molecule has 116 valence electrons. The molecule has 0 spiro atoms. The van der Waals surface area contributed by atoms with Crippen LogP contribution in [0.15, 0.2) is 64.7 Å². The average Bonchev–Trinajstić information content (AvgIpc) is 2.91. The summed E-state index contributed by atoms with van der Waals surface area (Å²) in [5.41, 5.74) is -0.279. The minimum atomic E-state index is -1.65. The lowest BCUT2D eigenvalue weighted by Crippen LogP contribution is -2.41. The molecule has 3 N–H and O–H groups in total. The molecule has 2 heterocycles. The lowest BCUT2D eigenvalue weighted by Gasteiger charge is -2.19. The molecule has 0 saturated heterocycles. The second-order valence-electron chi connectivity index (χ2n) is 4.96. The SMILES string of the molecule is CC1=CC(Nc2cncc(Nc3ccccc3)n2)(C(=O)O)N=N1. The molecule has 0 radical (unpaired) electrons.